The fourth-order valence-electron chi connectivity index (χ4n) is 0.962. The van der Waals surface area contributed by atoms with Crippen LogP contribution in [0, 0.1) is 0 Å². The molecule has 1 aliphatic heterocycles. The van der Waals surface area contributed by atoms with Crippen LogP contribution in [0.2, 0.25) is 0 Å². The highest BCUT2D eigenvalue weighted by Crippen LogP contribution is 2.23. The topological polar surface area (TPSA) is 0 Å². The molecule has 0 aromatic rings. The Morgan fingerprint density at radius 2 is 2.62 bits per heavy atom. The molecule has 0 saturated carbocycles. The van der Waals surface area contributed by atoms with Gasteiger partial charge in [0.25, 0.3) is 0 Å². The van der Waals surface area contributed by atoms with Crippen molar-refractivity contribution in [1.29, 1.82) is 0 Å². The van der Waals surface area contributed by atoms with Crippen molar-refractivity contribution in [3.8, 4) is 0 Å². The molecule has 0 aromatic heterocycles. The third kappa shape index (κ3) is 1.84. The molecule has 0 spiro atoms. The quantitative estimate of drug-likeness (QED) is 0.474. The van der Waals surface area contributed by atoms with Crippen molar-refractivity contribution >= 4 is 24.7 Å². The average molecular weight is 224 g/mol. The third-order valence-electron chi connectivity index (χ3n) is 1.54. The largest absolute Gasteiger partial charge is 0.124 e. The fraction of sp³-hybridized carbons (Fsp3) is 0.857. The molecule has 0 aromatic carbocycles. The first-order valence-corrected chi connectivity index (χ1v) is 5.86. The Morgan fingerprint density at radius 3 is 3.00 bits per heavy atom. The standard InChI is InChI=1S/C7H13I/c1-2-7-5-3-4-6-8-7/h6-7H,2-5H2,1H3. The second-order valence-corrected chi connectivity index (χ2v) is 5.58. The van der Waals surface area contributed by atoms with Gasteiger partial charge in [-0.25, -0.2) is 0 Å². The zero-order valence-corrected chi connectivity index (χ0v) is 7.52. The van der Waals surface area contributed by atoms with Crippen LogP contribution in [-0.4, -0.2) is 7.94 Å². The summed E-state index contributed by atoms with van der Waals surface area (Å²) in [4.78, 5) is 0. The van der Waals surface area contributed by atoms with E-state index in [1.807, 2.05) is 0 Å². The van der Waals surface area contributed by atoms with E-state index in [0.29, 0.717) is 20.7 Å². The van der Waals surface area contributed by atoms with Crippen LogP contribution < -0.4 is 0 Å². The van der Waals surface area contributed by atoms with Gasteiger partial charge >= 0.3 is 0 Å². The van der Waals surface area contributed by atoms with Crippen molar-refractivity contribution in [3.05, 3.63) is 0 Å². The normalized spacial score (nSPS) is 29.4. The molecule has 0 amide bonds. The van der Waals surface area contributed by atoms with Gasteiger partial charge in [0.2, 0.25) is 0 Å². The van der Waals surface area contributed by atoms with Crippen LogP contribution in [0.4, 0.5) is 0 Å². The molecule has 48 valence electrons. The molecule has 8 heavy (non-hydrogen) atoms. The predicted molar refractivity (Wildman–Crippen MR) is 48.0 cm³/mol. The number of hydrogen-bond acceptors (Lipinski definition) is 0. The van der Waals surface area contributed by atoms with Crippen LogP contribution in [0.1, 0.15) is 32.6 Å². The Morgan fingerprint density at radius 1 is 1.75 bits per heavy atom. The molecule has 1 aliphatic rings. The van der Waals surface area contributed by atoms with E-state index in [0.717, 1.165) is 3.92 Å². The van der Waals surface area contributed by atoms with E-state index in [9.17, 15) is 0 Å². The summed E-state index contributed by atoms with van der Waals surface area (Å²) in [5.41, 5.74) is 0. The molecule has 0 bridgehead atoms. The molecule has 0 aliphatic carbocycles. The Balaban J connectivity index is 2.32. The van der Waals surface area contributed by atoms with Crippen molar-refractivity contribution in [2.45, 2.75) is 36.5 Å². The second-order valence-electron chi connectivity index (χ2n) is 2.22. The number of hydrogen-bond donors (Lipinski definition) is 0. The van der Waals surface area contributed by atoms with Gasteiger partial charge in [-0.1, -0.05) is 10.9 Å². The highest BCUT2D eigenvalue weighted by Gasteiger charge is 2.04. The molecule has 1 unspecified atom stereocenters. The minimum Gasteiger partial charge on any atom is -0.124 e. The molecule has 1 heteroatoms. The van der Waals surface area contributed by atoms with Crippen LogP contribution in [-0.2, 0) is 0 Å². The van der Waals surface area contributed by atoms with Crippen LogP contribution >= 0.6 is 20.7 Å². The van der Waals surface area contributed by atoms with Crippen LogP contribution in [0.25, 0.3) is 0 Å². The summed E-state index contributed by atoms with van der Waals surface area (Å²) in [7, 11) is 0. The Kier molecular flexibility index (Phi) is 3.02. The highest BCUT2D eigenvalue weighted by molar-refractivity contribution is 14.2. The van der Waals surface area contributed by atoms with Crippen molar-refractivity contribution < 1.29 is 0 Å². The molecule has 0 fully saturated rings. The van der Waals surface area contributed by atoms with Crippen molar-refractivity contribution in [3.63, 3.8) is 0 Å². The van der Waals surface area contributed by atoms with Crippen molar-refractivity contribution in [2.75, 3.05) is 0 Å². The van der Waals surface area contributed by atoms with Gasteiger partial charge in [0.05, 0.1) is 0 Å². The lowest BCUT2D eigenvalue weighted by molar-refractivity contribution is 0.720. The molecule has 0 N–H and O–H groups in total. The first-order chi connectivity index (χ1) is 3.93. The van der Waals surface area contributed by atoms with Gasteiger partial charge in [0.15, 0.2) is 0 Å². The number of alkyl halides is 1. The van der Waals surface area contributed by atoms with E-state index < -0.39 is 0 Å². The lowest BCUT2D eigenvalue weighted by atomic mass is 10.2. The summed E-state index contributed by atoms with van der Waals surface area (Å²) in [5.74, 6) is 0. The number of rotatable bonds is 1. The molecule has 1 rings (SSSR count). The molecule has 1 atom stereocenters. The van der Waals surface area contributed by atoms with Crippen LogP contribution in [0.5, 0.6) is 0 Å². The summed E-state index contributed by atoms with van der Waals surface area (Å²) < 4.78 is 3.69. The minimum atomic E-state index is 0.524. The van der Waals surface area contributed by atoms with Crippen LogP contribution in [0.15, 0.2) is 0 Å². The summed E-state index contributed by atoms with van der Waals surface area (Å²) in [5, 5.41) is 0. The van der Waals surface area contributed by atoms with Gasteiger partial charge in [-0.15, -0.1) is 20.7 Å². The summed E-state index contributed by atoms with van der Waals surface area (Å²) in [6.45, 7) is 2.32. The second kappa shape index (κ2) is 3.59. The average Bonchev–Trinajstić information content (AvgIpc) is 1.90. The monoisotopic (exact) mass is 224 g/mol. The maximum atomic E-state index is 2.55. The zero-order chi connectivity index (χ0) is 5.82. The van der Waals surface area contributed by atoms with E-state index in [-0.39, 0.29) is 0 Å². The fourth-order valence-corrected chi connectivity index (χ4v) is 3.79. The molecule has 0 radical (unpaired) electrons. The summed E-state index contributed by atoms with van der Waals surface area (Å²) in [6.07, 6.45) is 5.85. The zero-order valence-electron chi connectivity index (χ0n) is 5.36. The lowest BCUT2D eigenvalue weighted by Gasteiger charge is -2.11. The van der Waals surface area contributed by atoms with Gasteiger partial charge < -0.3 is 0 Å². The Bertz CT molecular complexity index is 86.4. The smallest absolute Gasteiger partial charge is 0.00567 e. The Hall–Kier alpha value is 0.600. The van der Waals surface area contributed by atoms with Crippen molar-refractivity contribution in [1.82, 2.24) is 0 Å². The minimum absolute atomic E-state index is 0.524. The molecule has 0 saturated heterocycles. The van der Waals surface area contributed by atoms with Gasteiger partial charge in [-0.3, -0.25) is 0 Å². The Labute approximate surface area is 61.4 Å². The molecule has 1 heterocycles. The van der Waals surface area contributed by atoms with E-state index >= 15 is 0 Å². The van der Waals surface area contributed by atoms with Gasteiger partial charge in [0, 0.05) is 3.92 Å². The van der Waals surface area contributed by atoms with Crippen molar-refractivity contribution in [2.24, 2.45) is 0 Å². The van der Waals surface area contributed by atoms with Crippen LogP contribution in [0.3, 0.4) is 0 Å². The highest BCUT2D eigenvalue weighted by atomic mass is 127. The van der Waals surface area contributed by atoms with Gasteiger partial charge in [-0.05, 0) is 25.7 Å². The molecular formula is C7H13I. The van der Waals surface area contributed by atoms with E-state index in [1.54, 1.807) is 0 Å². The summed E-state index contributed by atoms with van der Waals surface area (Å²) >= 11 is 0.524. The first kappa shape index (κ1) is 6.72. The molecule has 0 nitrogen and oxygen atoms in total. The maximum absolute atomic E-state index is 2.55. The van der Waals surface area contributed by atoms with Gasteiger partial charge in [0.1, 0.15) is 0 Å². The van der Waals surface area contributed by atoms with Gasteiger partial charge in [-0.2, -0.15) is 0 Å². The summed E-state index contributed by atoms with van der Waals surface area (Å²) in [6, 6.07) is 0. The third-order valence-corrected chi connectivity index (χ3v) is 5.19. The SMILES string of the molecule is CCC1CCCC=I1. The maximum Gasteiger partial charge on any atom is 0.00567 e. The van der Waals surface area contributed by atoms with E-state index in [4.69, 9.17) is 0 Å². The lowest BCUT2D eigenvalue weighted by Crippen LogP contribution is -2.00. The predicted octanol–water partition coefficient (Wildman–Crippen LogP) is 2.72. The first-order valence-electron chi connectivity index (χ1n) is 3.37. The van der Waals surface area contributed by atoms with E-state index in [1.165, 1.54) is 25.7 Å². The molecular weight excluding hydrogens is 211 g/mol. The number of halogens is 1. The van der Waals surface area contributed by atoms with E-state index in [2.05, 4.69) is 10.9 Å².